The summed E-state index contributed by atoms with van der Waals surface area (Å²) in [5, 5.41) is 3.36. The molecular formula is C17H15FN2O2S. The summed E-state index contributed by atoms with van der Waals surface area (Å²) < 4.78 is 18.1. The van der Waals surface area contributed by atoms with E-state index in [2.05, 4.69) is 10.3 Å². The molecule has 0 saturated heterocycles. The van der Waals surface area contributed by atoms with Crippen molar-refractivity contribution in [3.8, 4) is 0 Å². The van der Waals surface area contributed by atoms with Crippen molar-refractivity contribution in [1.82, 2.24) is 4.98 Å². The molecule has 23 heavy (non-hydrogen) atoms. The van der Waals surface area contributed by atoms with E-state index in [4.69, 9.17) is 4.42 Å². The molecule has 2 aromatic heterocycles. The monoisotopic (exact) mass is 330 g/mol. The Balaban J connectivity index is 1.52. The number of aromatic nitrogens is 1. The Morgan fingerprint density at radius 2 is 2.09 bits per heavy atom. The maximum atomic E-state index is 12.9. The lowest BCUT2D eigenvalue weighted by molar-refractivity contribution is -0.116. The Kier molecular flexibility index (Phi) is 4.83. The largest absolute Gasteiger partial charge is 0.469 e. The zero-order valence-electron chi connectivity index (χ0n) is 12.3. The third-order valence-electron chi connectivity index (χ3n) is 3.27. The lowest BCUT2D eigenvalue weighted by atomic mass is 10.1. The average Bonchev–Trinajstić information content (AvgIpc) is 3.20. The highest BCUT2D eigenvalue weighted by molar-refractivity contribution is 7.15. The second kappa shape index (κ2) is 7.19. The van der Waals surface area contributed by atoms with E-state index in [1.165, 1.54) is 23.5 Å². The number of furan rings is 1. The number of anilines is 1. The molecule has 1 N–H and O–H groups in total. The predicted octanol–water partition coefficient (Wildman–Crippen LogP) is 4.04. The van der Waals surface area contributed by atoms with Crippen LogP contribution in [0.2, 0.25) is 0 Å². The summed E-state index contributed by atoms with van der Waals surface area (Å²) in [6, 6.07) is 10.0. The molecule has 118 valence electrons. The second-order valence-corrected chi connectivity index (χ2v) is 6.18. The molecule has 1 aromatic carbocycles. The molecule has 0 radical (unpaired) electrons. The number of nitrogens with zero attached hydrogens (tertiary/aromatic N) is 1. The number of thiazole rings is 1. The van der Waals surface area contributed by atoms with Crippen LogP contribution >= 0.6 is 11.3 Å². The number of carbonyl (C=O) groups is 1. The summed E-state index contributed by atoms with van der Waals surface area (Å²) in [7, 11) is 0. The van der Waals surface area contributed by atoms with Gasteiger partial charge in [-0.2, -0.15) is 0 Å². The summed E-state index contributed by atoms with van der Waals surface area (Å²) >= 11 is 1.42. The van der Waals surface area contributed by atoms with Crippen LogP contribution in [0.25, 0.3) is 0 Å². The smallest absolute Gasteiger partial charge is 0.226 e. The minimum absolute atomic E-state index is 0.0934. The molecule has 2 heterocycles. The van der Waals surface area contributed by atoms with Gasteiger partial charge >= 0.3 is 0 Å². The van der Waals surface area contributed by atoms with Crippen LogP contribution < -0.4 is 5.32 Å². The maximum absolute atomic E-state index is 12.9. The van der Waals surface area contributed by atoms with Crippen LogP contribution in [0.5, 0.6) is 0 Å². The molecule has 1 amide bonds. The van der Waals surface area contributed by atoms with E-state index in [-0.39, 0.29) is 11.7 Å². The minimum Gasteiger partial charge on any atom is -0.469 e. The fraction of sp³-hybridized carbons (Fsp3) is 0.176. The zero-order chi connectivity index (χ0) is 16.1. The summed E-state index contributed by atoms with van der Waals surface area (Å²) in [6.07, 6.45) is 4.90. The van der Waals surface area contributed by atoms with Gasteiger partial charge in [-0.3, -0.25) is 4.79 Å². The van der Waals surface area contributed by atoms with Crippen LogP contribution in [-0.2, 0) is 17.6 Å². The Bertz CT molecular complexity index is 766. The normalized spacial score (nSPS) is 10.7. The van der Waals surface area contributed by atoms with Gasteiger partial charge in [0, 0.05) is 30.3 Å². The number of hydrogen-bond acceptors (Lipinski definition) is 4. The topological polar surface area (TPSA) is 55.1 Å². The predicted molar refractivity (Wildman–Crippen MR) is 87.0 cm³/mol. The number of hydrogen-bond donors (Lipinski definition) is 1. The van der Waals surface area contributed by atoms with Crippen molar-refractivity contribution in [3.63, 3.8) is 0 Å². The van der Waals surface area contributed by atoms with Crippen molar-refractivity contribution < 1.29 is 13.6 Å². The Morgan fingerprint density at radius 3 is 2.83 bits per heavy atom. The molecule has 0 aliphatic carbocycles. The number of nitrogens with one attached hydrogen (secondary N) is 1. The van der Waals surface area contributed by atoms with Gasteiger partial charge in [-0.25, -0.2) is 9.37 Å². The molecule has 6 heteroatoms. The van der Waals surface area contributed by atoms with E-state index < -0.39 is 0 Å². The van der Waals surface area contributed by atoms with E-state index in [1.807, 2.05) is 6.07 Å². The zero-order valence-corrected chi connectivity index (χ0v) is 13.1. The van der Waals surface area contributed by atoms with Crippen molar-refractivity contribution in [2.45, 2.75) is 19.3 Å². The van der Waals surface area contributed by atoms with Crippen molar-refractivity contribution in [3.05, 3.63) is 70.9 Å². The molecule has 0 aliphatic heterocycles. The van der Waals surface area contributed by atoms with Gasteiger partial charge in [0.15, 0.2) is 5.13 Å². The molecule has 4 nitrogen and oxygen atoms in total. The van der Waals surface area contributed by atoms with Gasteiger partial charge in [0.05, 0.1) is 6.26 Å². The molecule has 0 saturated carbocycles. The van der Waals surface area contributed by atoms with Crippen LogP contribution in [0.4, 0.5) is 9.52 Å². The standard InChI is InChI=1S/C17H15FN2O2S/c18-13-5-3-12(4-6-13)10-15-11-19-17(23-15)20-16(21)8-7-14-2-1-9-22-14/h1-6,9,11H,7-8,10H2,(H,19,20,21). The molecular weight excluding hydrogens is 315 g/mol. The molecule has 3 rings (SSSR count). The van der Waals surface area contributed by atoms with Crippen molar-refractivity contribution in [2.75, 3.05) is 5.32 Å². The fourth-order valence-corrected chi connectivity index (χ4v) is 2.99. The van der Waals surface area contributed by atoms with E-state index >= 15 is 0 Å². The molecule has 0 spiro atoms. The van der Waals surface area contributed by atoms with E-state index in [0.717, 1.165) is 16.2 Å². The van der Waals surface area contributed by atoms with Crippen LogP contribution in [0.15, 0.2) is 53.3 Å². The van der Waals surface area contributed by atoms with E-state index in [1.54, 1.807) is 30.7 Å². The SMILES string of the molecule is O=C(CCc1ccco1)Nc1ncc(Cc2ccc(F)cc2)s1. The summed E-state index contributed by atoms with van der Waals surface area (Å²) in [5.74, 6) is 0.447. The second-order valence-electron chi connectivity index (χ2n) is 5.06. The van der Waals surface area contributed by atoms with E-state index in [9.17, 15) is 9.18 Å². The van der Waals surface area contributed by atoms with Crippen LogP contribution in [0.3, 0.4) is 0 Å². The van der Waals surface area contributed by atoms with E-state index in [0.29, 0.717) is 24.4 Å². The van der Waals surface area contributed by atoms with Gasteiger partial charge in [0.25, 0.3) is 0 Å². The lowest BCUT2D eigenvalue weighted by Crippen LogP contribution is -2.11. The molecule has 0 fully saturated rings. The average molecular weight is 330 g/mol. The highest BCUT2D eigenvalue weighted by atomic mass is 32.1. The van der Waals surface area contributed by atoms with Crippen molar-refractivity contribution in [2.24, 2.45) is 0 Å². The van der Waals surface area contributed by atoms with Crippen molar-refractivity contribution >= 4 is 22.4 Å². The van der Waals surface area contributed by atoms with Gasteiger partial charge < -0.3 is 9.73 Å². The fourth-order valence-electron chi connectivity index (χ4n) is 2.12. The quantitative estimate of drug-likeness (QED) is 0.742. The molecule has 3 aromatic rings. The summed E-state index contributed by atoms with van der Waals surface area (Å²) in [6.45, 7) is 0. The Morgan fingerprint density at radius 1 is 1.26 bits per heavy atom. The lowest BCUT2D eigenvalue weighted by Gasteiger charge is -2.00. The number of aryl methyl sites for hydroxylation is 1. The third-order valence-corrected chi connectivity index (χ3v) is 4.18. The first kappa shape index (κ1) is 15.4. The number of halogens is 1. The maximum Gasteiger partial charge on any atom is 0.226 e. The van der Waals surface area contributed by atoms with Gasteiger partial charge in [0.1, 0.15) is 11.6 Å². The molecule has 0 atom stereocenters. The van der Waals surface area contributed by atoms with Gasteiger partial charge in [0.2, 0.25) is 5.91 Å². The number of rotatable bonds is 6. The number of carbonyl (C=O) groups excluding carboxylic acids is 1. The highest BCUT2D eigenvalue weighted by Crippen LogP contribution is 2.21. The number of benzene rings is 1. The molecule has 0 unspecified atom stereocenters. The van der Waals surface area contributed by atoms with Crippen molar-refractivity contribution in [1.29, 1.82) is 0 Å². The minimum atomic E-state index is -0.248. The first-order chi connectivity index (χ1) is 11.2. The van der Waals surface area contributed by atoms with Crippen LogP contribution in [0, 0.1) is 5.82 Å². The van der Waals surface area contributed by atoms with Crippen LogP contribution in [-0.4, -0.2) is 10.9 Å². The van der Waals surface area contributed by atoms with Gasteiger partial charge in [-0.1, -0.05) is 12.1 Å². The first-order valence-corrected chi connectivity index (χ1v) is 8.02. The Labute approximate surface area is 137 Å². The summed E-state index contributed by atoms with van der Waals surface area (Å²) in [5.41, 5.74) is 1.01. The van der Waals surface area contributed by atoms with Gasteiger partial charge in [-0.05, 0) is 29.8 Å². The molecule has 0 aliphatic rings. The Hall–Kier alpha value is -2.47. The molecule has 0 bridgehead atoms. The highest BCUT2D eigenvalue weighted by Gasteiger charge is 2.08. The number of amides is 1. The summed E-state index contributed by atoms with van der Waals surface area (Å²) in [4.78, 5) is 17.1. The van der Waals surface area contributed by atoms with Gasteiger partial charge in [-0.15, -0.1) is 11.3 Å². The first-order valence-electron chi connectivity index (χ1n) is 7.20. The van der Waals surface area contributed by atoms with Crippen LogP contribution in [0.1, 0.15) is 22.6 Å². The third kappa shape index (κ3) is 4.50.